The van der Waals surface area contributed by atoms with Gasteiger partial charge >= 0.3 is 6.03 Å². The molecule has 0 aliphatic carbocycles. The lowest BCUT2D eigenvalue weighted by molar-refractivity contribution is -0.121. The van der Waals surface area contributed by atoms with Crippen LogP contribution < -0.4 is 5.32 Å². The maximum atomic E-state index is 13.0. The van der Waals surface area contributed by atoms with Crippen LogP contribution >= 0.6 is 0 Å². The first kappa shape index (κ1) is 19.6. The minimum absolute atomic E-state index is 0.00158. The third kappa shape index (κ3) is 4.97. The van der Waals surface area contributed by atoms with Crippen molar-refractivity contribution in [1.82, 2.24) is 14.7 Å². The molecular weight excluding hydrogens is 347 g/mol. The number of hydrogen-bond donors (Lipinski definition) is 1. The van der Waals surface area contributed by atoms with E-state index in [1.807, 2.05) is 4.90 Å². The van der Waals surface area contributed by atoms with E-state index in [-0.39, 0.29) is 23.7 Å². The van der Waals surface area contributed by atoms with Crippen LogP contribution in [0.4, 0.5) is 14.9 Å². The molecule has 0 spiro atoms. The molecule has 0 radical (unpaired) electrons. The number of carbonyl (C=O) groups is 2. The highest BCUT2D eigenvalue weighted by Gasteiger charge is 2.31. The summed E-state index contributed by atoms with van der Waals surface area (Å²) in [5.41, 5.74) is 0.641. The van der Waals surface area contributed by atoms with Crippen molar-refractivity contribution >= 4 is 17.6 Å². The van der Waals surface area contributed by atoms with Crippen molar-refractivity contribution in [1.29, 1.82) is 0 Å². The van der Waals surface area contributed by atoms with E-state index in [4.69, 9.17) is 0 Å². The molecule has 0 saturated carbocycles. The number of halogens is 1. The summed E-state index contributed by atoms with van der Waals surface area (Å²) in [4.78, 5) is 30.5. The maximum absolute atomic E-state index is 13.0. The normalized spacial score (nSPS) is 19.7. The number of hydrogen-bond acceptors (Lipinski definition) is 3. The van der Waals surface area contributed by atoms with E-state index in [0.29, 0.717) is 11.7 Å². The largest absolute Gasteiger partial charge is 0.331 e. The first-order valence-electron chi connectivity index (χ1n) is 9.71. The molecule has 6 nitrogen and oxygen atoms in total. The monoisotopic (exact) mass is 376 g/mol. The number of benzene rings is 1. The van der Waals surface area contributed by atoms with E-state index in [9.17, 15) is 14.0 Å². The van der Waals surface area contributed by atoms with Gasteiger partial charge in [-0.2, -0.15) is 0 Å². The Hall–Kier alpha value is -2.15. The minimum atomic E-state index is -0.306. The van der Waals surface area contributed by atoms with Gasteiger partial charge in [0.1, 0.15) is 5.82 Å². The van der Waals surface area contributed by atoms with Gasteiger partial charge in [0.15, 0.2) is 0 Å². The second kappa shape index (κ2) is 8.69. The van der Waals surface area contributed by atoms with Crippen LogP contribution in [0.1, 0.15) is 25.7 Å². The van der Waals surface area contributed by atoms with E-state index in [0.717, 1.165) is 51.9 Å². The molecular formula is C20H29FN4O2. The Bertz CT molecular complexity index is 648. The summed E-state index contributed by atoms with van der Waals surface area (Å²) in [6.07, 6.45) is 3.66. The average Bonchev–Trinajstić information content (AvgIpc) is 2.69. The molecule has 3 amide bonds. The molecule has 0 aromatic heterocycles. The smallest absolute Gasteiger partial charge is 0.319 e. The van der Waals surface area contributed by atoms with Gasteiger partial charge in [0.2, 0.25) is 5.91 Å². The van der Waals surface area contributed by atoms with Crippen LogP contribution in [0.5, 0.6) is 0 Å². The molecule has 148 valence electrons. The molecule has 1 N–H and O–H groups in total. The lowest BCUT2D eigenvalue weighted by Gasteiger charge is -2.42. The first-order valence-corrected chi connectivity index (χ1v) is 9.71. The van der Waals surface area contributed by atoms with Crippen LogP contribution in [-0.4, -0.2) is 73.0 Å². The maximum Gasteiger partial charge on any atom is 0.319 e. The lowest BCUT2D eigenvalue weighted by atomic mass is 9.92. The summed E-state index contributed by atoms with van der Waals surface area (Å²) >= 11 is 0. The Morgan fingerprint density at radius 3 is 2.15 bits per heavy atom. The number of nitrogens with zero attached hydrogens (tertiary/aromatic N) is 3. The van der Waals surface area contributed by atoms with Gasteiger partial charge in [-0.15, -0.1) is 0 Å². The van der Waals surface area contributed by atoms with E-state index >= 15 is 0 Å². The SMILES string of the molecule is CN(C)C(=O)N1CCC(N2CCC(C(=O)Nc3ccc(F)cc3)CC2)CC1. The van der Waals surface area contributed by atoms with Crippen molar-refractivity contribution in [3.05, 3.63) is 30.1 Å². The number of urea groups is 1. The molecule has 0 atom stereocenters. The fraction of sp³-hybridized carbons (Fsp3) is 0.600. The minimum Gasteiger partial charge on any atom is -0.331 e. The van der Waals surface area contributed by atoms with Gasteiger partial charge < -0.3 is 20.0 Å². The Morgan fingerprint density at radius 1 is 1.00 bits per heavy atom. The van der Waals surface area contributed by atoms with Gasteiger partial charge in [-0.1, -0.05) is 0 Å². The van der Waals surface area contributed by atoms with E-state index < -0.39 is 0 Å². The number of piperidine rings is 2. The summed E-state index contributed by atoms with van der Waals surface area (Å²) in [6.45, 7) is 3.42. The summed E-state index contributed by atoms with van der Waals surface area (Å²) in [5, 5.41) is 2.89. The molecule has 7 heteroatoms. The molecule has 2 aliphatic rings. The molecule has 1 aromatic rings. The summed E-state index contributed by atoms with van der Waals surface area (Å²) in [5.74, 6) is -0.283. The van der Waals surface area contributed by atoms with Crippen LogP contribution in [0.2, 0.25) is 0 Å². The average molecular weight is 376 g/mol. The highest BCUT2D eigenvalue weighted by molar-refractivity contribution is 5.92. The van der Waals surface area contributed by atoms with Gasteiger partial charge in [0, 0.05) is 44.8 Å². The van der Waals surface area contributed by atoms with Crippen LogP contribution in [-0.2, 0) is 4.79 Å². The zero-order valence-corrected chi connectivity index (χ0v) is 16.2. The quantitative estimate of drug-likeness (QED) is 0.882. The number of nitrogens with one attached hydrogen (secondary N) is 1. The highest BCUT2D eigenvalue weighted by atomic mass is 19.1. The predicted molar refractivity (Wildman–Crippen MR) is 103 cm³/mol. The van der Waals surface area contributed by atoms with Crippen LogP contribution in [0.15, 0.2) is 24.3 Å². The molecule has 2 saturated heterocycles. The Labute approximate surface area is 160 Å². The summed E-state index contributed by atoms with van der Waals surface area (Å²) in [7, 11) is 3.58. The number of likely N-dealkylation sites (tertiary alicyclic amines) is 2. The van der Waals surface area contributed by atoms with Crippen LogP contribution in [0.3, 0.4) is 0 Å². The van der Waals surface area contributed by atoms with Crippen molar-refractivity contribution in [2.45, 2.75) is 31.7 Å². The van der Waals surface area contributed by atoms with Gasteiger partial charge in [-0.3, -0.25) is 4.79 Å². The van der Waals surface area contributed by atoms with E-state index in [1.165, 1.54) is 12.1 Å². The topological polar surface area (TPSA) is 55.9 Å². The van der Waals surface area contributed by atoms with Crippen molar-refractivity contribution in [2.24, 2.45) is 5.92 Å². The molecule has 0 unspecified atom stereocenters. The molecule has 3 rings (SSSR count). The van der Waals surface area contributed by atoms with Crippen LogP contribution in [0.25, 0.3) is 0 Å². The van der Waals surface area contributed by atoms with E-state index in [1.54, 1.807) is 31.1 Å². The number of carbonyl (C=O) groups excluding carboxylic acids is 2. The summed E-state index contributed by atoms with van der Waals surface area (Å²) in [6, 6.07) is 6.47. The van der Waals surface area contributed by atoms with Crippen molar-refractivity contribution in [2.75, 3.05) is 45.6 Å². The zero-order chi connectivity index (χ0) is 19.4. The predicted octanol–water partition coefficient (Wildman–Crippen LogP) is 2.62. The second-order valence-electron chi connectivity index (χ2n) is 7.70. The Kier molecular flexibility index (Phi) is 6.31. The summed E-state index contributed by atoms with van der Waals surface area (Å²) < 4.78 is 13.0. The zero-order valence-electron chi connectivity index (χ0n) is 16.2. The van der Waals surface area contributed by atoms with Gasteiger partial charge in [-0.25, -0.2) is 9.18 Å². The molecule has 1 aromatic carbocycles. The van der Waals surface area contributed by atoms with E-state index in [2.05, 4.69) is 10.2 Å². The van der Waals surface area contributed by atoms with Gasteiger partial charge in [-0.05, 0) is 63.0 Å². The Balaban J connectivity index is 1.43. The van der Waals surface area contributed by atoms with Crippen molar-refractivity contribution in [3.63, 3.8) is 0 Å². The van der Waals surface area contributed by atoms with Crippen molar-refractivity contribution in [3.8, 4) is 0 Å². The lowest BCUT2D eigenvalue weighted by Crippen LogP contribution is -2.51. The second-order valence-corrected chi connectivity index (χ2v) is 7.70. The number of anilines is 1. The number of rotatable bonds is 3. The third-order valence-electron chi connectivity index (χ3n) is 5.65. The standard InChI is InChI=1S/C20H29FN4O2/c1-23(2)20(27)25-13-9-18(10-14-25)24-11-7-15(8-12-24)19(26)22-17-5-3-16(21)4-6-17/h3-6,15,18H,7-14H2,1-2H3,(H,22,26). The molecule has 2 heterocycles. The van der Waals surface area contributed by atoms with Gasteiger partial charge in [0.05, 0.1) is 0 Å². The molecule has 2 aliphatic heterocycles. The van der Waals surface area contributed by atoms with Crippen LogP contribution in [0, 0.1) is 11.7 Å². The first-order chi connectivity index (χ1) is 12.9. The Morgan fingerprint density at radius 2 is 1.59 bits per heavy atom. The number of amides is 3. The highest BCUT2D eigenvalue weighted by Crippen LogP contribution is 2.25. The fourth-order valence-corrected chi connectivity index (χ4v) is 4.01. The molecule has 27 heavy (non-hydrogen) atoms. The van der Waals surface area contributed by atoms with Gasteiger partial charge in [0.25, 0.3) is 0 Å². The van der Waals surface area contributed by atoms with Crippen molar-refractivity contribution < 1.29 is 14.0 Å². The fourth-order valence-electron chi connectivity index (χ4n) is 4.01. The molecule has 2 fully saturated rings. The third-order valence-corrected chi connectivity index (χ3v) is 5.65. The molecule has 0 bridgehead atoms.